The van der Waals surface area contributed by atoms with E-state index in [1.54, 1.807) is 0 Å². The molecule has 0 aliphatic carbocycles. The fourth-order valence-corrected chi connectivity index (χ4v) is 2.56. The van der Waals surface area contributed by atoms with Gasteiger partial charge in [0.2, 0.25) is 0 Å². The molecule has 0 spiro atoms. The van der Waals surface area contributed by atoms with Crippen molar-refractivity contribution >= 4 is 0 Å². The van der Waals surface area contributed by atoms with Crippen molar-refractivity contribution in [3.8, 4) is 23.0 Å². The number of aryl methyl sites for hydroxylation is 2. The first-order valence-electron chi connectivity index (χ1n) is 6.41. The Morgan fingerprint density at radius 3 is 2.85 bits per heavy atom. The largest absolute Gasteiger partial charge is 0.483 e. The maximum atomic E-state index is 5.69. The van der Waals surface area contributed by atoms with Crippen LogP contribution in [0, 0.1) is 6.92 Å². The summed E-state index contributed by atoms with van der Waals surface area (Å²) in [5, 5.41) is 12.9. The molecule has 1 aromatic carbocycles. The fraction of sp³-hybridized carbons (Fsp3) is 0.214. The minimum Gasteiger partial charge on any atom is -0.483 e. The van der Waals surface area contributed by atoms with Gasteiger partial charge < -0.3 is 4.74 Å². The van der Waals surface area contributed by atoms with Gasteiger partial charge in [-0.3, -0.25) is 9.25 Å². The molecule has 0 bridgehead atoms. The summed E-state index contributed by atoms with van der Waals surface area (Å²) >= 11 is 0. The Hall–Kier alpha value is -2.63. The molecule has 0 radical (unpaired) electrons. The second kappa shape index (κ2) is 3.93. The maximum Gasteiger partial charge on any atom is 0.187 e. The second-order valence-electron chi connectivity index (χ2n) is 4.83. The van der Waals surface area contributed by atoms with Crippen LogP contribution in [0.5, 0.6) is 5.75 Å². The van der Waals surface area contributed by atoms with E-state index in [1.165, 1.54) is 0 Å². The number of rotatable bonds is 1. The van der Waals surface area contributed by atoms with Crippen LogP contribution in [0.2, 0.25) is 0 Å². The van der Waals surface area contributed by atoms with Crippen molar-refractivity contribution in [1.29, 1.82) is 0 Å². The summed E-state index contributed by atoms with van der Waals surface area (Å²) in [6, 6.07) is 9.91. The highest BCUT2D eigenvalue weighted by atomic mass is 16.5. The van der Waals surface area contributed by atoms with E-state index in [1.807, 2.05) is 53.6 Å². The number of nitrogens with zero attached hydrogens (tertiary/aromatic N) is 5. The quantitative estimate of drug-likeness (QED) is 0.675. The SMILES string of the molecule is Cc1cc(-c2nnc3n2-c2ccccc2OC3)n(C)n1. The lowest BCUT2D eigenvalue weighted by Crippen LogP contribution is -2.14. The van der Waals surface area contributed by atoms with Crippen LogP contribution < -0.4 is 4.74 Å². The van der Waals surface area contributed by atoms with Crippen molar-refractivity contribution in [2.45, 2.75) is 13.5 Å². The van der Waals surface area contributed by atoms with Crippen molar-refractivity contribution in [2.75, 3.05) is 0 Å². The Morgan fingerprint density at radius 1 is 1.20 bits per heavy atom. The Labute approximate surface area is 115 Å². The Balaban J connectivity index is 1.98. The highest BCUT2D eigenvalue weighted by molar-refractivity contribution is 5.59. The van der Waals surface area contributed by atoms with E-state index < -0.39 is 0 Å². The summed E-state index contributed by atoms with van der Waals surface area (Å²) in [5.41, 5.74) is 2.87. The Morgan fingerprint density at radius 2 is 2.05 bits per heavy atom. The lowest BCUT2D eigenvalue weighted by Gasteiger charge is -2.19. The highest BCUT2D eigenvalue weighted by Crippen LogP contribution is 2.32. The minimum atomic E-state index is 0.431. The number of fused-ring (bicyclic) bond motifs is 3. The van der Waals surface area contributed by atoms with Gasteiger partial charge in [0.15, 0.2) is 11.6 Å². The molecule has 1 aliphatic heterocycles. The highest BCUT2D eigenvalue weighted by Gasteiger charge is 2.24. The zero-order valence-electron chi connectivity index (χ0n) is 11.2. The molecule has 0 fully saturated rings. The third-order valence-corrected chi connectivity index (χ3v) is 3.42. The molecular weight excluding hydrogens is 254 g/mol. The normalized spacial score (nSPS) is 12.7. The van der Waals surface area contributed by atoms with Gasteiger partial charge in [-0.15, -0.1) is 10.2 Å². The van der Waals surface area contributed by atoms with Crippen LogP contribution >= 0.6 is 0 Å². The average molecular weight is 267 g/mol. The van der Waals surface area contributed by atoms with Gasteiger partial charge in [0, 0.05) is 7.05 Å². The molecule has 20 heavy (non-hydrogen) atoms. The first-order valence-corrected chi connectivity index (χ1v) is 6.41. The van der Waals surface area contributed by atoms with Gasteiger partial charge in [-0.1, -0.05) is 12.1 Å². The summed E-state index contributed by atoms with van der Waals surface area (Å²) in [6.07, 6.45) is 0. The molecule has 0 N–H and O–H groups in total. The van der Waals surface area contributed by atoms with Gasteiger partial charge in [-0.2, -0.15) is 5.10 Å². The molecule has 2 aromatic heterocycles. The molecule has 0 amide bonds. The van der Waals surface area contributed by atoms with E-state index in [-0.39, 0.29) is 0 Å². The third-order valence-electron chi connectivity index (χ3n) is 3.42. The smallest absolute Gasteiger partial charge is 0.187 e. The van der Waals surface area contributed by atoms with Crippen molar-refractivity contribution in [3.63, 3.8) is 0 Å². The van der Waals surface area contributed by atoms with Gasteiger partial charge in [-0.05, 0) is 25.1 Å². The van der Waals surface area contributed by atoms with E-state index in [4.69, 9.17) is 4.74 Å². The first-order chi connectivity index (χ1) is 9.74. The summed E-state index contributed by atoms with van der Waals surface area (Å²) < 4.78 is 9.55. The van der Waals surface area contributed by atoms with Crippen molar-refractivity contribution in [1.82, 2.24) is 24.5 Å². The molecule has 4 rings (SSSR count). The molecular formula is C14H13N5O. The summed E-state index contributed by atoms with van der Waals surface area (Å²) in [5.74, 6) is 2.44. The van der Waals surface area contributed by atoms with Crippen molar-refractivity contribution in [2.24, 2.45) is 7.05 Å². The Bertz CT molecular complexity index is 802. The molecule has 6 heteroatoms. The topological polar surface area (TPSA) is 57.8 Å². The standard InChI is InChI=1S/C14H13N5O/c1-9-7-11(18(2)17-9)14-16-15-13-8-20-12-6-4-3-5-10(12)19(13)14/h3-7H,8H2,1-2H3. The van der Waals surface area contributed by atoms with Crippen molar-refractivity contribution < 1.29 is 4.74 Å². The monoisotopic (exact) mass is 267 g/mol. The van der Waals surface area contributed by atoms with E-state index in [9.17, 15) is 0 Å². The second-order valence-corrected chi connectivity index (χ2v) is 4.83. The minimum absolute atomic E-state index is 0.431. The molecule has 6 nitrogen and oxygen atoms in total. The van der Waals surface area contributed by atoms with Gasteiger partial charge in [0.25, 0.3) is 0 Å². The first kappa shape index (κ1) is 11.2. The number of hydrogen-bond acceptors (Lipinski definition) is 4. The summed E-state index contributed by atoms with van der Waals surface area (Å²) in [6.45, 7) is 2.40. The van der Waals surface area contributed by atoms with E-state index in [2.05, 4.69) is 15.3 Å². The molecule has 0 saturated carbocycles. The number of benzene rings is 1. The summed E-state index contributed by atoms with van der Waals surface area (Å²) in [4.78, 5) is 0. The fourth-order valence-electron chi connectivity index (χ4n) is 2.56. The molecule has 0 atom stereocenters. The zero-order valence-corrected chi connectivity index (χ0v) is 11.2. The molecule has 0 saturated heterocycles. The maximum absolute atomic E-state index is 5.69. The van der Waals surface area contributed by atoms with E-state index in [0.29, 0.717) is 6.61 Å². The molecule has 0 unspecified atom stereocenters. The van der Waals surface area contributed by atoms with E-state index in [0.717, 1.165) is 34.5 Å². The van der Waals surface area contributed by atoms with E-state index >= 15 is 0 Å². The van der Waals surface area contributed by atoms with Gasteiger partial charge in [0.05, 0.1) is 11.4 Å². The lowest BCUT2D eigenvalue weighted by molar-refractivity contribution is 0.279. The molecule has 100 valence electrons. The van der Waals surface area contributed by atoms with Crippen LogP contribution in [0.3, 0.4) is 0 Å². The lowest BCUT2D eigenvalue weighted by atomic mass is 10.2. The number of hydrogen-bond donors (Lipinski definition) is 0. The van der Waals surface area contributed by atoms with Crippen LogP contribution in [0.1, 0.15) is 11.5 Å². The van der Waals surface area contributed by atoms with Crippen molar-refractivity contribution in [3.05, 3.63) is 41.9 Å². The average Bonchev–Trinajstić information content (AvgIpc) is 3.01. The van der Waals surface area contributed by atoms with Gasteiger partial charge in [0.1, 0.15) is 18.1 Å². The van der Waals surface area contributed by atoms with Crippen LogP contribution in [0.15, 0.2) is 30.3 Å². The molecule has 1 aliphatic rings. The molecule has 3 aromatic rings. The number of ether oxygens (including phenoxy) is 1. The summed E-state index contributed by atoms with van der Waals surface area (Å²) in [7, 11) is 1.91. The van der Waals surface area contributed by atoms with Crippen LogP contribution in [-0.4, -0.2) is 24.5 Å². The predicted molar refractivity (Wildman–Crippen MR) is 72.6 cm³/mol. The van der Waals surface area contributed by atoms with Crippen LogP contribution in [-0.2, 0) is 13.7 Å². The van der Waals surface area contributed by atoms with Crippen LogP contribution in [0.4, 0.5) is 0 Å². The van der Waals surface area contributed by atoms with Gasteiger partial charge >= 0.3 is 0 Å². The number of aromatic nitrogens is 5. The number of para-hydroxylation sites is 2. The third kappa shape index (κ3) is 1.48. The van der Waals surface area contributed by atoms with Gasteiger partial charge in [-0.25, -0.2) is 0 Å². The molecule has 3 heterocycles. The Kier molecular flexibility index (Phi) is 2.20. The zero-order chi connectivity index (χ0) is 13.7. The predicted octanol–water partition coefficient (Wildman–Crippen LogP) is 1.87. The van der Waals surface area contributed by atoms with Crippen LogP contribution in [0.25, 0.3) is 17.2 Å².